The number of carbonyl (C=O) groups excluding carboxylic acids is 1. The average molecular weight is 394 g/mol. The molecule has 1 atom stereocenters. The van der Waals surface area contributed by atoms with Gasteiger partial charge in [-0.3, -0.25) is 14.7 Å². The van der Waals surface area contributed by atoms with Crippen LogP contribution in [0.1, 0.15) is 30.7 Å². The number of hydrogen-bond acceptors (Lipinski definition) is 5. The smallest absolute Gasteiger partial charge is 0.219 e. The Balaban J connectivity index is 1.53. The largest absolute Gasteiger partial charge is 0.379 e. The van der Waals surface area contributed by atoms with Crippen molar-refractivity contribution in [2.75, 3.05) is 53.0 Å². The number of morpholine rings is 1. The second kappa shape index (κ2) is 10.1. The van der Waals surface area contributed by atoms with Gasteiger partial charge in [-0.15, -0.1) is 11.3 Å². The molecule has 8 heteroatoms. The summed E-state index contributed by atoms with van der Waals surface area (Å²) in [5.74, 6) is 1.01. The number of aliphatic imine (C=N–C) groups is 1. The summed E-state index contributed by atoms with van der Waals surface area (Å²) in [5.41, 5.74) is 0. The Morgan fingerprint density at radius 3 is 2.67 bits per heavy atom. The molecule has 3 heterocycles. The number of likely N-dealkylation sites (tertiary alicyclic amines) is 1. The van der Waals surface area contributed by atoms with Crippen molar-refractivity contribution in [1.82, 2.24) is 20.4 Å². The van der Waals surface area contributed by atoms with Gasteiger partial charge in [-0.25, -0.2) is 0 Å². The molecule has 0 aliphatic carbocycles. The monoisotopic (exact) mass is 393 g/mol. The molecule has 2 N–H and O–H groups in total. The third-order valence-corrected chi connectivity index (χ3v) is 6.30. The number of rotatable bonds is 5. The maximum atomic E-state index is 11.5. The quantitative estimate of drug-likeness (QED) is 0.583. The van der Waals surface area contributed by atoms with Crippen molar-refractivity contribution in [2.24, 2.45) is 4.99 Å². The van der Waals surface area contributed by atoms with Crippen molar-refractivity contribution in [2.45, 2.75) is 31.8 Å². The summed E-state index contributed by atoms with van der Waals surface area (Å²) >= 11 is 1.80. The molecule has 1 unspecified atom stereocenters. The first-order chi connectivity index (χ1) is 13.2. The second-order valence-corrected chi connectivity index (χ2v) is 8.04. The lowest BCUT2D eigenvalue weighted by molar-refractivity contribution is -0.129. The molecule has 1 amide bonds. The highest BCUT2D eigenvalue weighted by Crippen LogP contribution is 2.25. The highest BCUT2D eigenvalue weighted by Gasteiger charge is 2.25. The van der Waals surface area contributed by atoms with E-state index >= 15 is 0 Å². The molecule has 2 aliphatic heterocycles. The van der Waals surface area contributed by atoms with Crippen LogP contribution in [-0.2, 0) is 9.53 Å². The van der Waals surface area contributed by atoms with Crippen LogP contribution < -0.4 is 10.6 Å². The van der Waals surface area contributed by atoms with Crippen molar-refractivity contribution in [3.63, 3.8) is 0 Å². The maximum absolute atomic E-state index is 11.5. The number of nitrogens with one attached hydrogen (secondary N) is 2. The van der Waals surface area contributed by atoms with Gasteiger partial charge in [0.1, 0.15) is 0 Å². The van der Waals surface area contributed by atoms with Gasteiger partial charge >= 0.3 is 0 Å². The molecule has 150 valence electrons. The van der Waals surface area contributed by atoms with Crippen molar-refractivity contribution < 1.29 is 9.53 Å². The van der Waals surface area contributed by atoms with Gasteiger partial charge in [0.05, 0.1) is 19.3 Å². The van der Waals surface area contributed by atoms with Crippen LogP contribution in [0, 0.1) is 0 Å². The van der Waals surface area contributed by atoms with Crippen molar-refractivity contribution in [3.8, 4) is 0 Å². The van der Waals surface area contributed by atoms with Gasteiger partial charge < -0.3 is 20.3 Å². The molecule has 0 radical (unpaired) electrons. The summed E-state index contributed by atoms with van der Waals surface area (Å²) in [6.45, 7) is 7.59. The first-order valence-corrected chi connectivity index (χ1v) is 10.6. The third kappa shape index (κ3) is 5.67. The molecule has 2 saturated heterocycles. The molecule has 1 aromatic rings. The number of thiophene rings is 1. The highest BCUT2D eigenvalue weighted by molar-refractivity contribution is 7.10. The molecule has 2 aliphatic rings. The molecule has 0 bridgehead atoms. The van der Waals surface area contributed by atoms with Crippen LogP contribution in [0.5, 0.6) is 0 Å². The van der Waals surface area contributed by atoms with Crippen molar-refractivity contribution in [3.05, 3.63) is 22.4 Å². The molecule has 0 spiro atoms. The number of nitrogens with zero attached hydrogens (tertiary/aromatic N) is 3. The Hall–Kier alpha value is -1.64. The van der Waals surface area contributed by atoms with E-state index in [9.17, 15) is 4.79 Å². The molecule has 2 fully saturated rings. The van der Waals surface area contributed by atoms with Crippen molar-refractivity contribution >= 4 is 23.2 Å². The Labute approximate surface area is 165 Å². The lowest BCUT2D eigenvalue weighted by Crippen LogP contribution is -2.51. The third-order valence-electron chi connectivity index (χ3n) is 5.33. The number of amides is 1. The van der Waals surface area contributed by atoms with Crippen LogP contribution in [0.3, 0.4) is 0 Å². The van der Waals surface area contributed by atoms with E-state index in [1.165, 1.54) is 4.88 Å². The van der Waals surface area contributed by atoms with Gasteiger partial charge in [0.25, 0.3) is 0 Å². The van der Waals surface area contributed by atoms with Crippen molar-refractivity contribution in [1.29, 1.82) is 0 Å². The molecular weight excluding hydrogens is 362 g/mol. The number of piperidine rings is 1. The summed E-state index contributed by atoms with van der Waals surface area (Å²) in [6, 6.07) is 5.01. The molecule has 0 saturated carbocycles. The zero-order valence-electron chi connectivity index (χ0n) is 16.3. The number of guanidine groups is 1. The zero-order valence-corrected chi connectivity index (χ0v) is 17.1. The second-order valence-electron chi connectivity index (χ2n) is 7.06. The van der Waals surface area contributed by atoms with Crippen LogP contribution >= 0.6 is 11.3 Å². The minimum atomic E-state index is 0.167. The lowest BCUT2D eigenvalue weighted by atomic mass is 10.1. The number of carbonyl (C=O) groups is 1. The first-order valence-electron chi connectivity index (χ1n) is 9.75. The SMILES string of the molecule is CN=C(NCC(c1cccs1)N1CCOCC1)NC1CCN(C(C)=O)CC1. The van der Waals surface area contributed by atoms with Gasteiger partial charge in [0, 0.05) is 57.6 Å². The zero-order chi connectivity index (χ0) is 19.1. The summed E-state index contributed by atoms with van der Waals surface area (Å²) < 4.78 is 5.52. The van der Waals surface area contributed by atoms with Gasteiger partial charge in [0.15, 0.2) is 5.96 Å². The number of hydrogen-bond donors (Lipinski definition) is 2. The Kier molecular flexibility index (Phi) is 7.49. The van der Waals surface area contributed by atoms with Crippen LogP contribution in [0.25, 0.3) is 0 Å². The fourth-order valence-electron chi connectivity index (χ4n) is 3.70. The van der Waals surface area contributed by atoms with Gasteiger partial charge in [-0.2, -0.15) is 0 Å². The van der Waals surface area contributed by atoms with Crippen LogP contribution in [0.4, 0.5) is 0 Å². The topological polar surface area (TPSA) is 69.2 Å². The van der Waals surface area contributed by atoms with Gasteiger partial charge in [-0.1, -0.05) is 6.07 Å². The van der Waals surface area contributed by atoms with Crippen LogP contribution in [0.15, 0.2) is 22.5 Å². The van der Waals surface area contributed by atoms with E-state index in [0.717, 1.165) is 64.7 Å². The Bertz CT molecular complexity index is 608. The highest BCUT2D eigenvalue weighted by atomic mass is 32.1. The Morgan fingerprint density at radius 1 is 1.33 bits per heavy atom. The predicted molar refractivity (Wildman–Crippen MR) is 109 cm³/mol. The van der Waals surface area contributed by atoms with Crippen LogP contribution in [0.2, 0.25) is 0 Å². The van der Waals surface area contributed by atoms with E-state index in [1.54, 1.807) is 18.3 Å². The van der Waals surface area contributed by atoms with E-state index in [2.05, 4.69) is 38.0 Å². The van der Waals surface area contributed by atoms with E-state index in [-0.39, 0.29) is 5.91 Å². The van der Waals surface area contributed by atoms with E-state index in [0.29, 0.717) is 12.1 Å². The molecule has 27 heavy (non-hydrogen) atoms. The molecule has 7 nitrogen and oxygen atoms in total. The van der Waals surface area contributed by atoms with Crippen LogP contribution in [-0.4, -0.2) is 80.7 Å². The molecule has 3 rings (SSSR count). The number of ether oxygens (including phenoxy) is 1. The fraction of sp³-hybridized carbons (Fsp3) is 0.684. The molecule has 1 aromatic heterocycles. The molecule has 0 aromatic carbocycles. The van der Waals surface area contributed by atoms with E-state index in [1.807, 2.05) is 11.9 Å². The average Bonchev–Trinajstić information content (AvgIpc) is 3.23. The summed E-state index contributed by atoms with van der Waals surface area (Å²) in [4.78, 5) is 21.7. The normalized spacial score (nSPS) is 21.1. The maximum Gasteiger partial charge on any atom is 0.219 e. The summed E-state index contributed by atoms with van der Waals surface area (Å²) in [7, 11) is 1.81. The van der Waals surface area contributed by atoms with Gasteiger partial charge in [0.2, 0.25) is 5.91 Å². The lowest BCUT2D eigenvalue weighted by Gasteiger charge is -2.35. The van der Waals surface area contributed by atoms with Gasteiger partial charge in [-0.05, 0) is 24.3 Å². The van der Waals surface area contributed by atoms with E-state index in [4.69, 9.17) is 4.74 Å². The Morgan fingerprint density at radius 2 is 2.07 bits per heavy atom. The minimum absolute atomic E-state index is 0.167. The minimum Gasteiger partial charge on any atom is -0.379 e. The first kappa shape index (κ1) is 20.1. The molecular formula is C19H31N5O2S. The summed E-state index contributed by atoms with van der Waals surface area (Å²) in [6.07, 6.45) is 1.91. The summed E-state index contributed by atoms with van der Waals surface area (Å²) in [5, 5.41) is 9.19. The standard InChI is InChI=1S/C19H31N5O2S/c1-15(25)23-7-5-16(6-8-23)22-19(20-2)21-14-17(18-4-3-13-27-18)24-9-11-26-12-10-24/h3-4,13,16-17H,5-12,14H2,1-2H3,(H2,20,21,22). The fourth-order valence-corrected chi connectivity index (χ4v) is 4.56. The predicted octanol–water partition coefficient (Wildman–Crippen LogP) is 1.30. The van der Waals surface area contributed by atoms with E-state index < -0.39 is 0 Å².